The van der Waals surface area contributed by atoms with Crippen molar-refractivity contribution in [2.24, 2.45) is 0 Å². The van der Waals surface area contributed by atoms with Gasteiger partial charge in [-0.15, -0.1) is 0 Å². The summed E-state index contributed by atoms with van der Waals surface area (Å²) in [6.45, 7) is 1.72. The number of hydrogen-bond donors (Lipinski definition) is 0. The zero-order valence-electron chi connectivity index (χ0n) is 3.44. The van der Waals surface area contributed by atoms with Gasteiger partial charge in [0, 0.05) is 0 Å². The van der Waals surface area contributed by atoms with Crippen LogP contribution in [0.1, 0.15) is 6.92 Å². The van der Waals surface area contributed by atoms with Gasteiger partial charge in [-0.1, -0.05) is 15.9 Å². The van der Waals surface area contributed by atoms with E-state index >= 15 is 0 Å². The highest BCUT2D eigenvalue weighted by atomic mass is 79.9. The molecule has 0 atom stereocenters. The third-order valence-corrected chi connectivity index (χ3v) is 1.08. The molecule has 0 rings (SSSR count). The highest BCUT2D eigenvalue weighted by molar-refractivity contribution is 9.11. The highest BCUT2D eigenvalue weighted by Crippen LogP contribution is 1.89. The number of halogens is 1. The van der Waals surface area contributed by atoms with Crippen molar-refractivity contribution in [1.29, 1.82) is 0 Å². The SMILES string of the molecule is C/C(C=O)=C/Br. The lowest BCUT2D eigenvalue weighted by Gasteiger charge is -1.72. The Labute approximate surface area is 45.2 Å². The first-order valence-corrected chi connectivity index (χ1v) is 2.45. The van der Waals surface area contributed by atoms with Crippen molar-refractivity contribution in [3.8, 4) is 0 Å². The first-order valence-electron chi connectivity index (χ1n) is 1.53. The van der Waals surface area contributed by atoms with Gasteiger partial charge in [0.25, 0.3) is 0 Å². The van der Waals surface area contributed by atoms with Gasteiger partial charge in [0.05, 0.1) is 0 Å². The molecule has 0 radical (unpaired) electrons. The predicted molar refractivity (Wildman–Crippen MR) is 28.7 cm³/mol. The monoisotopic (exact) mass is 148 g/mol. The maximum Gasteiger partial charge on any atom is 0.146 e. The summed E-state index contributed by atoms with van der Waals surface area (Å²) < 4.78 is 0. The van der Waals surface area contributed by atoms with Crippen molar-refractivity contribution in [2.75, 3.05) is 0 Å². The van der Waals surface area contributed by atoms with Gasteiger partial charge >= 0.3 is 0 Å². The first-order chi connectivity index (χ1) is 2.81. The third kappa shape index (κ3) is 2.15. The van der Waals surface area contributed by atoms with E-state index in [4.69, 9.17) is 0 Å². The first kappa shape index (κ1) is 5.89. The largest absolute Gasteiger partial charge is 0.298 e. The van der Waals surface area contributed by atoms with Crippen LogP contribution < -0.4 is 0 Å². The van der Waals surface area contributed by atoms with Gasteiger partial charge in [-0.05, 0) is 17.5 Å². The fourth-order valence-corrected chi connectivity index (χ4v) is 0.134. The molecule has 1 nitrogen and oxygen atoms in total. The molecule has 0 amide bonds. The van der Waals surface area contributed by atoms with Crippen molar-refractivity contribution in [2.45, 2.75) is 6.92 Å². The molecule has 0 aliphatic carbocycles. The van der Waals surface area contributed by atoms with E-state index in [1.165, 1.54) is 0 Å². The van der Waals surface area contributed by atoms with Crippen molar-refractivity contribution >= 4 is 22.2 Å². The van der Waals surface area contributed by atoms with Crippen LogP contribution in [0.4, 0.5) is 0 Å². The van der Waals surface area contributed by atoms with Crippen LogP contribution >= 0.6 is 15.9 Å². The molecule has 0 aliphatic rings. The van der Waals surface area contributed by atoms with Gasteiger partial charge in [-0.25, -0.2) is 0 Å². The molecule has 0 fully saturated rings. The Hall–Kier alpha value is -0.110. The normalized spacial score (nSPS) is 11.3. The second-order valence-electron chi connectivity index (χ2n) is 0.971. The fourth-order valence-electron chi connectivity index (χ4n) is 0.0257. The zero-order valence-corrected chi connectivity index (χ0v) is 5.03. The lowest BCUT2D eigenvalue weighted by atomic mass is 10.4. The molecule has 0 saturated carbocycles. The zero-order chi connectivity index (χ0) is 4.99. The molecule has 0 spiro atoms. The molecule has 0 bridgehead atoms. The number of rotatable bonds is 1. The van der Waals surface area contributed by atoms with E-state index in [-0.39, 0.29) is 0 Å². The minimum Gasteiger partial charge on any atom is -0.298 e. The summed E-state index contributed by atoms with van der Waals surface area (Å²) in [6.07, 6.45) is 0.786. The van der Waals surface area contributed by atoms with Crippen LogP contribution in [0.25, 0.3) is 0 Å². The molecule has 0 aliphatic heterocycles. The maximum absolute atomic E-state index is 9.64. The van der Waals surface area contributed by atoms with Gasteiger partial charge in [-0.3, -0.25) is 4.79 Å². The number of allylic oxidation sites excluding steroid dienone is 1. The summed E-state index contributed by atoms with van der Waals surface area (Å²) in [4.78, 5) is 11.2. The summed E-state index contributed by atoms with van der Waals surface area (Å²) in [5.74, 6) is 0. The fraction of sp³-hybridized carbons (Fsp3) is 0.250. The smallest absolute Gasteiger partial charge is 0.146 e. The molecule has 34 valence electrons. The van der Waals surface area contributed by atoms with E-state index in [1.807, 2.05) is 0 Å². The molecule has 2 heteroatoms. The number of carbonyl (C=O) groups excluding carboxylic acids is 1. The Morgan fingerprint density at radius 3 is 2.33 bits per heavy atom. The van der Waals surface area contributed by atoms with Gasteiger partial charge < -0.3 is 0 Å². The quantitative estimate of drug-likeness (QED) is 0.407. The minimum absolute atomic E-state index is 0.704. The second-order valence-corrected chi connectivity index (χ2v) is 1.43. The molecule has 0 N–H and O–H groups in total. The van der Waals surface area contributed by atoms with E-state index in [1.54, 1.807) is 11.9 Å². The average Bonchev–Trinajstić information content (AvgIpc) is 1.65. The van der Waals surface area contributed by atoms with Gasteiger partial charge in [0.15, 0.2) is 0 Å². The Balaban J connectivity index is 3.50. The number of aldehydes is 1. The molecule has 0 aromatic rings. The maximum atomic E-state index is 9.64. The topological polar surface area (TPSA) is 17.1 Å². The second kappa shape index (κ2) is 3.09. The molecular formula is C4H5BrO. The van der Waals surface area contributed by atoms with Crippen molar-refractivity contribution in [3.05, 3.63) is 10.6 Å². The predicted octanol–water partition coefficient (Wildman–Crippen LogP) is 1.48. The third-order valence-electron chi connectivity index (χ3n) is 0.358. The number of carbonyl (C=O) groups is 1. The highest BCUT2D eigenvalue weighted by Gasteiger charge is 1.73. The van der Waals surface area contributed by atoms with Crippen LogP contribution in [-0.4, -0.2) is 6.29 Å². The lowest BCUT2D eigenvalue weighted by molar-refractivity contribution is -0.104. The molecule has 0 saturated heterocycles. The average molecular weight is 149 g/mol. The van der Waals surface area contributed by atoms with Crippen LogP contribution in [-0.2, 0) is 4.79 Å². The molecule has 0 unspecified atom stereocenters. The summed E-state index contributed by atoms with van der Waals surface area (Å²) in [6, 6.07) is 0. The Kier molecular flexibility index (Phi) is 3.04. The van der Waals surface area contributed by atoms with E-state index < -0.39 is 0 Å². The molecule has 0 aromatic carbocycles. The molecule has 6 heavy (non-hydrogen) atoms. The van der Waals surface area contributed by atoms with Crippen molar-refractivity contribution in [3.63, 3.8) is 0 Å². The van der Waals surface area contributed by atoms with Crippen LogP contribution in [0.2, 0.25) is 0 Å². The summed E-state index contributed by atoms with van der Waals surface area (Å²) in [7, 11) is 0. The van der Waals surface area contributed by atoms with Crippen LogP contribution in [0.3, 0.4) is 0 Å². The van der Waals surface area contributed by atoms with Crippen molar-refractivity contribution < 1.29 is 4.79 Å². The number of hydrogen-bond acceptors (Lipinski definition) is 1. The summed E-state index contributed by atoms with van der Waals surface area (Å²) in [5, 5.41) is 0. The van der Waals surface area contributed by atoms with E-state index in [9.17, 15) is 4.79 Å². The van der Waals surface area contributed by atoms with Gasteiger partial charge in [0.1, 0.15) is 6.29 Å². The Bertz CT molecular complexity index is 75.6. The van der Waals surface area contributed by atoms with Gasteiger partial charge in [0.2, 0.25) is 0 Å². The minimum atomic E-state index is 0.704. The summed E-state index contributed by atoms with van der Waals surface area (Å²) >= 11 is 2.98. The Morgan fingerprint density at radius 1 is 1.83 bits per heavy atom. The van der Waals surface area contributed by atoms with Crippen LogP contribution in [0.5, 0.6) is 0 Å². The standard InChI is InChI=1S/C4H5BrO/c1-4(2-5)3-6/h2-3H,1H3/b4-2-. The summed E-state index contributed by atoms with van der Waals surface area (Å²) in [5.41, 5.74) is 0.704. The van der Waals surface area contributed by atoms with Crippen LogP contribution in [0.15, 0.2) is 10.6 Å². The van der Waals surface area contributed by atoms with E-state index in [0.29, 0.717) is 5.57 Å². The van der Waals surface area contributed by atoms with Crippen molar-refractivity contribution in [1.82, 2.24) is 0 Å². The molecule has 0 heterocycles. The van der Waals surface area contributed by atoms with Crippen LogP contribution in [0, 0.1) is 0 Å². The molecular weight excluding hydrogens is 144 g/mol. The van der Waals surface area contributed by atoms with Gasteiger partial charge in [-0.2, -0.15) is 0 Å². The van der Waals surface area contributed by atoms with E-state index in [0.717, 1.165) is 6.29 Å². The molecule has 0 aromatic heterocycles. The lowest BCUT2D eigenvalue weighted by Crippen LogP contribution is -1.68. The Morgan fingerprint density at radius 2 is 2.33 bits per heavy atom. The van der Waals surface area contributed by atoms with E-state index in [2.05, 4.69) is 15.9 Å².